The van der Waals surface area contributed by atoms with Crippen LogP contribution in [0, 0.1) is 40.3 Å². The van der Waals surface area contributed by atoms with Crippen molar-refractivity contribution in [1.29, 1.82) is 0 Å². The number of halogens is 2. The lowest BCUT2D eigenvalue weighted by molar-refractivity contribution is -0.203. The molecular formula is C32H38F2N2O5S. The normalized spacial score (nSPS) is 36.7. The Morgan fingerprint density at radius 3 is 2.67 bits per heavy atom. The van der Waals surface area contributed by atoms with Crippen molar-refractivity contribution in [3.8, 4) is 5.69 Å². The van der Waals surface area contributed by atoms with Gasteiger partial charge in [-0.25, -0.2) is 18.3 Å². The zero-order valence-corrected chi connectivity index (χ0v) is 25.3. The molecule has 0 amide bonds. The Bertz CT molecular complexity index is 1430. The van der Waals surface area contributed by atoms with Crippen LogP contribution in [0.1, 0.15) is 57.7 Å². The van der Waals surface area contributed by atoms with Gasteiger partial charge < -0.3 is 14.6 Å². The van der Waals surface area contributed by atoms with Gasteiger partial charge in [-0.15, -0.1) is 0 Å². The Balaban J connectivity index is 1.37. The number of esters is 1. The summed E-state index contributed by atoms with van der Waals surface area (Å²) >= 11 is 0.543. The van der Waals surface area contributed by atoms with Crippen molar-refractivity contribution in [1.82, 2.24) is 9.78 Å². The maximum absolute atomic E-state index is 13.7. The number of aliphatic hydroxyl groups is 1. The molecule has 42 heavy (non-hydrogen) atoms. The number of aromatic nitrogens is 2. The van der Waals surface area contributed by atoms with E-state index >= 15 is 0 Å². The fourth-order valence-corrected chi connectivity index (χ4v) is 10.3. The summed E-state index contributed by atoms with van der Waals surface area (Å²) in [5.41, 5.74) is 1.36. The number of hydrogen-bond acceptors (Lipinski definition) is 7. The van der Waals surface area contributed by atoms with Crippen molar-refractivity contribution in [2.75, 3.05) is 19.7 Å². The molecule has 4 aliphatic carbocycles. The molecule has 3 fully saturated rings. The van der Waals surface area contributed by atoms with Gasteiger partial charge in [-0.05, 0) is 103 Å². The van der Waals surface area contributed by atoms with E-state index in [0.29, 0.717) is 24.6 Å². The molecule has 0 aliphatic heterocycles. The van der Waals surface area contributed by atoms with Gasteiger partial charge >= 0.3 is 5.97 Å². The van der Waals surface area contributed by atoms with Crippen LogP contribution in [0.15, 0.2) is 36.0 Å². The van der Waals surface area contributed by atoms with Crippen LogP contribution in [0.3, 0.4) is 0 Å². The topological polar surface area (TPSA) is 90.7 Å². The van der Waals surface area contributed by atoms with Crippen LogP contribution in [0.4, 0.5) is 8.78 Å². The maximum Gasteiger partial charge on any atom is 0.333 e. The number of allylic oxidation sites excluding steroid dienone is 1. The van der Waals surface area contributed by atoms with Crippen molar-refractivity contribution in [3.05, 3.63) is 53.1 Å². The molecule has 4 aliphatic rings. The zero-order valence-electron chi connectivity index (χ0n) is 24.4. The molecule has 0 saturated heterocycles. The number of ether oxygens (including phenoxy) is 2. The first-order valence-corrected chi connectivity index (χ1v) is 15.6. The second-order valence-corrected chi connectivity index (χ2v) is 13.9. The molecule has 1 aromatic heterocycles. The smallest absolute Gasteiger partial charge is 0.333 e. The van der Waals surface area contributed by atoms with Gasteiger partial charge in [-0.2, -0.15) is 5.10 Å². The van der Waals surface area contributed by atoms with Crippen molar-refractivity contribution in [2.24, 2.45) is 34.5 Å². The fraction of sp³-hybridized carbons (Fsp3) is 0.594. The first-order chi connectivity index (χ1) is 20.0. The van der Waals surface area contributed by atoms with Gasteiger partial charge in [0.05, 0.1) is 23.7 Å². The molecule has 1 aromatic carbocycles. The van der Waals surface area contributed by atoms with Gasteiger partial charge in [0.2, 0.25) is 5.12 Å². The quantitative estimate of drug-likeness (QED) is 0.437. The van der Waals surface area contributed by atoms with E-state index in [1.807, 2.05) is 24.7 Å². The van der Waals surface area contributed by atoms with E-state index < -0.39 is 34.2 Å². The Morgan fingerprint density at radius 1 is 1.24 bits per heavy atom. The van der Waals surface area contributed by atoms with Crippen molar-refractivity contribution in [3.63, 3.8) is 0 Å². The summed E-state index contributed by atoms with van der Waals surface area (Å²) < 4.78 is 40.0. The van der Waals surface area contributed by atoms with Crippen LogP contribution in [-0.2, 0) is 25.5 Å². The third kappa shape index (κ3) is 4.15. The minimum absolute atomic E-state index is 0.00196. The molecule has 8 atom stereocenters. The number of hydrogen-bond donors (Lipinski definition) is 1. The van der Waals surface area contributed by atoms with Crippen molar-refractivity contribution < 1.29 is 33.0 Å². The summed E-state index contributed by atoms with van der Waals surface area (Å²) in [5.74, 6) is -1.28. The van der Waals surface area contributed by atoms with E-state index in [4.69, 9.17) is 9.47 Å². The number of thioether (sulfide) groups is 1. The number of methoxy groups -OCH3 is 1. The summed E-state index contributed by atoms with van der Waals surface area (Å²) in [5, 5.41) is 16.2. The highest BCUT2D eigenvalue weighted by Crippen LogP contribution is 2.70. The first kappa shape index (κ1) is 29.5. The van der Waals surface area contributed by atoms with E-state index in [1.165, 1.54) is 24.8 Å². The van der Waals surface area contributed by atoms with Gasteiger partial charge in [0, 0.05) is 18.4 Å². The van der Waals surface area contributed by atoms with Crippen LogP contribution in [0.2, 0.25) is 0 Å². The predicted octanol–water partition coefficient (Wildman–Crippen LogP) is 5.53. The Morgan fingerprint density at radius 2 is 1.98 bits per heavy atom. The lowest BCUT2D eigenvalue weighted by atomic mass is 9.45. The summed E-state index contributed by atoms with van der Waals surface area (Å²) in [6, 6.07) is 5.37. The number of aliphatic hydroxyl groups excluding tert-OH is 1. The summed E-state index contributed by atoms with van der Waals surface area (Å²) in [7, 11) is 1.39. The molecule has 1 heterocycles. The van der Waals surface area contributed by atoms with Crippen molar-refractivity contribution in [2.45, 2.75) is 64.6 Å². The number of nitrogens with zero attached hydrogens (tertiary/aromatic N) is 2. The fourth-order valence-electron chi connectivity index (χ4n) is 9.47. The third-order valence-electron chi connectivity index (χ3n) is 11.1. The molecule has 0 radical (unpaired) electrons. The summed E-state index contributed by atoms with van der Waals surface area (Å²) in [6.07, 6.45) is 6.57. The summed E-state index contributed by atoms with van der Waals surface area (Å²) in [4.78, 5) is 26.5. The zero-order chi connectivity index (χ0) is 30.0. The second kappa shape index (κ2) is 10.6. The van der Waals surface area contributed by atoms with E-state index in [-0.39, 0.29) is 47.9 Å². The monoisotopic (exact) mass is 600 g/mol. The van der Waals surface area contributed by atoms with Gasteiger partial charge in [-0.3, -0.25) is 4.79 Å². The first-order valence-electron chi connectivity index (χ1n) is 14.7. The Hall–Kier alpha value is -2.56. The summed E-state index contributed by atoms with van der Waals surface area (Å²) in [6.45, 7) is 5.79. The standard InChI is InChI=1S/C32H38F2N2O5S/c1-18-11-24-23-10-5-20-12-25-19(15-35-36(25)22-8-6-21(34)7-9-22)13-30(20,2)28(23)26(37)14-31(24,3)32(18,29(39)42-17-33)41-27(38)16-40-4/h6-9,12,15,18,23-24,26,28,37H,5,10-11,13-14,16-17H2,1-4H3/t18-,23+,24?,26+,28?,30+,31+,32+/m1/s1. The van der Waals surface area contributed by atoms with E-state index in [9.17, 15) is 23.5 Å². The molecule has 6 rings (SSSR count). The van der Waals surface area contributed by atoms with Crippen LogP contribution >= 0.6 is 11.8 Å². The highest BCUT2D eigenvalue weighted by Gasteiger charge is 2.73. The van der Waals surface area contributed by atoms with Gasteiger partial charge in [0.15, 0.2) is 5.60 Å². The van der Waals surface area contributed by atoms with Gasteiger partial charge in [0.1, 0.15) is 18.4 Å². The van der Waals surface area contributed by atoms with Crippen molar-refractivity contribution >= 4 is 28.9 Å². The number of benzene rings is 1. The largest absolute Gasteiger partial charge is 0.447 e. The van der Waals surface area contributed by atoms with E-state index in [1.54, 1.807) is 12.1 Å². The molecule has 10 heteroatoms. The molecule has 2 aromatic rings. The number of carbonyl (C=O) groups excluding carboxylic acids is 2. The van der Waals surface area contributed by atoms with Gasteiger partial charge in [0.25, 0.3) is 0 Å². The molecule has 0 spiro atoms. The minimum Gasteiger partial charge on any atom is -0.447 e. The molecule has 0 bridgehead atoms. The molecule has 3 saturated carbocycles. The molecule has 2 unspecified atom stereocenters. The molecule has 1 N–H and O–H groups in total. The number of alkyl halides is 1. The molecule has 226 valence electrons. The number of carbonyl (C=O) groups is 2. The number of rotatable bonds is 6. The van der Waals surface area contributed by atoms with Crippen LogP contribution < -0.4 is 0 Å². The SMILES string of the molecule is COCC(=O)O[C@]1(C(=O)SCF)[C@H](C)CC2[C@@H]3CCC4=Cc5c(cnn5-c5ccc(F)cc5)C[C@]4(C)C3[C@@H](O)C[C@@]21C. The Labute approximate surface area is 249 Å². The van der Waals surface area contributed by atoms with Gasteiger partial charge in [-0.1, -0.05) is 26.3 Å². The maximum atomic E-state index is 13.7. The van der Waals surface area contributed by atoms with E-state index in [0.717, 1.165) is 29.8 Å². The highest BCUT2D eigenvalue weighted by molar-refractivity contribution is 8.13. The predicted molar refractivity (Wildman–Crippen MR) is 155 cm³/mol. The average Bonchev–Trinajstić information content (AvgIpc) is 3.43. The van der Waals surface area contributed by atoms with E-state index in [2.05, 4.69) is 18.1 Å². The lowest BCUT2D eigenvalue weighted by Crippen LogP contribution is -2.63. The molecule has 7 nitrogen and oxygen atoms in total. The number of fused-ring (bicyclic) bond motifs is 6. The lowest BCUT2D eigenvalue weighted by Gasteiger charge is -2.60. The van der Waals surface area contributed by atoms with Crippen LogP contribution in [-0.4, -0.2) is 57.4 Å². The third-order valence-corrected chi connectivity index (χ3v) is 11.7. The highest BCUT2D eigenvalue weighted by atomic mass is 32.2. The second-order valence-electron chi connectivity index (χ2n) is 13.1. The minimum atomic E-state index is -1.55. The average molecular weight is 601 g/mol. The van der Waals surface area contributed by atoms with Crippen LogP contribution in [0.5, 0.6) is 0 Å². The Kier molecular flexibility index (Phi) is 7.42. The van der Waals surface area contributed by atoms with Crippen LogP contribution in [0.25, 0.3) is 11.8 Å². The molecular weight excluding hydrogens is 562 g/mol.